The van der Waals surface area contributed by atoms with Gasteiger partial charge in [0.15, 0.2) is 0 Å². The van der Waals surface area contributed by atoms with Crippen molar-refractivity contribution >= 4 is 16.6 Å². The van der Waals surface area contributed by atoms with Crippen LogP contribution in [0.4, 0.5) is 5.69 Å². The van der Waals surface area contributed by atoms with Gasteiger partial charge >= 0.3 is 0 Å². The van der Waals surface area contributed by atoms with Crippen LogP contribution in [0.3, 0.4) is 0 Å². The Kier molecular flexibility index (Phi) is 4.39. The van der Waals surface area contributed by atoms with E-state index in [0.717, 1.165) is 34.6 Å². The maximum absolute atomic E-state index is 5.68. The van der Waals surface area contributed by atoms with Crippen molar-refractivity contribution in [1.82, 2.24) is 4.98 Å². The summed E-state index contributed by atoms with van der Waals surface area (Å²) in [7, 11) is 1.65. The van der Waals surface area contributed by atoms with Crippen molar-refractivity contribution in [3.05, 3.63) is 60.8 Å². The Hall–Kier alpha value is -2.75. The molecule has 4 heteroatoms. The highest BCUT2D eigenvalue weighted by Gasteiger charge is 1.98. The van der Waals surface area contributed by atoms with Gasteiger partial charge in [-0.3, -0.25) is 4.98 Å². The van der Waals surface area contributed by atoms with E-state index >= 15 is 0 Å². The first kappa shape index (κ1) is 14.2. The molecular formula is C18H18N2O2. The van der Waals surface area contributed by atoms with E-state index in [4.69, 9.17) is 9.47 Å². The zero-order valence-electron chi connectivity index (χ0n) is 12.5. The summed E-state index contributed by atoms with van der Waals surface area (Å²) in [6.07, 6.45) is 1.80. The van der Waals surface area contributed by atoms with E-state index < -0.39 is 0 Å². The van der Waals surface area contributed by atoms with Crippen molar-refractivity contribution in [3.8, 4) is 11.5 Å². The number of pyridine rings is 1. The van der Waals surface area contributed by atoms with E-state index in [-0.39, 0.29) is 0 Å². The van der Waals surface area contributed by atoms with Gasteiger partial charge in [-0.15, -0.1) is 0 Å². The summed E-state index contributed by atoms with van der Waals surface area (Å²) in [6.45, 7) is 1.33. The van der Waals surface area contributed by atoms with Gasteiger partial charge in [0.1, 0.15) is 18.1 Å². The van der Waals surface area contributed by atoms with Crippen LogP contribution in [0, 0.1) is 0 Å². The molecule has 3 rings (SSSR count). The number of fused-ring (bicyclic) bond motifs is 1. The van der Waals surface area contributed by atoms with Gasteiger partial charge in [0.25, 0.3) is 0 Å². The number of nitrogens with one attached hydrogen (secondary N) is 1. The van der Waals surface area contributed by atoms with Gasteiger partial charge in [-0.2, -0.15) is 0 Å². The summed E-state index contributed by atoms with van der Waals surface area (Å²) < 4.78 is 10.8. The molecule has 0 amide bonds. The molecule has 1 aromatic heterocycles. The summed E-state index contributed by atoms with van der Waals surface area (Å²) in [5, 5.41) is 4.48. The number of aromatic nitrogens is 1. The van der Waals surface area contributed by atoms with Gasteiger partial charge in [-0.05, 0) is 48.5 Å². The molecule has 0 bridgehead atoms. The highest BCUT2D eigenvalue weighted by Crippen LogP contribution is 2.18. The molecule has 3 aromatic rings. The Morgan fingerprint density at radius 2 is 1.82 bits per heavy atom. The highest BCUT2D eigenvalue weighted by atomic mass is 16.5. The van der Waals surface area contributed by atoms with E-state index in [0.29, 0.717) is 6.61 Å². The molecule has 112 valence electrons. The molecule has 0 aliphatic heterocycles. The minimum absolute atomic E-state index is 0.595. The van der Waals surface area contributed by atoms with Crippen LogP contribution in [0.25, 0.3) is 10.9 Å². The largest absolute Gasteiger partial charge is 0.497 e. The van der Waals surface area contributed by atoms with Gasteiger partial charge < -0.3 is 14.8 Å². The molecule has 4 nitrogen and oxygen atoms in total. The smallest absolute Gasteiger partial charge is 0.119 e. The number of ether oxygens (including phenoxy) is 2. The molecule has 0 unspecified atom stereocenters. The average molecular weight is 294 g/mol. The third kappa shape index (κ3) is 3.47. The predicted octanol–water partition coefficient (Wildman–Crippen LogP) is 3.73. The van der Waals surface area contributed by atoms with E-state index in [2.05, 4.69) is 22.4 Å². The molecule has 0 spiro atoms. The normalized spacial score (nSPS) is 10.4. The molecule has 0 saturated carbocycles. The third-order valence-corrected chi connectivity index (χ3v) is 3.36. The number of hydrogen-bond acceptors (Lipinski definition) is 4. The molecule has 1 N–H and O–H groups in total. The summed E-state index contributed by atoms with van der Waals surface area (Å²) in [6, 6.07) is 17.7. The fourth-order valence-electron chi connectivity index (χ4n) is 2.22. The molecule has 0 fully saturated rings. The maximum atomic E-state index is 5.68. The molecule has 2 aromatic carbocycles. The molecule has 0 aliphatic carbocycles. The Labute approximate surface area is 129 Å². The summed E-state index contributed by atoms with van der Waals surface area (Å²) >= 11 is 0. The number of anilines is 1. The monoisotopic (exact) mass is 294 g/mol. The van der Waals surface area contributed by atoms with Crippen molar-refractivity contribution in [3.63, 3.8) is 0 Å². The maximum Gasteiger partial charge on any atom is 0.119 e. The predicted molar refractivity (Wildman–Crippen MR) is 88.7 cm³/mol. The quantitative estimate of drug-likeness (QED) is 0.703. The fourth-order valence-corrected chi connectivity index (χ4v) is 2.22. The molecular weight excluding hydrogens is 276 g/mol. The van der Waals surface area contributed by atoms with E-state index in [1.54, 1.807) is 13.3 Å². The van der Waals surface area contributed by atoms with E-state index in [9.17, 15) is 0 Å². The average Bonchev–Trinajstić information content (AvgIpc) is 2.59. The summed E-state index contributed by atoms with van der Waals surface area (Å²) in [4.78, 5) is 4.31. The highest BCUT2D eigenvalue weighted by molar-refractivity contribution is 5.82. The van der Waals surface area contributed by atoms with Crippen LogP contribution in [-0.4, -0.2) is 25.2 Å². The topological polar surface area (TPSA) is 43.4 Å². The fraction of sp³-hybridized carbons (Fsp3) is 0.167. The summed E-state index contributed by atoms with van der Waals surface area (Å²) in [5.41, 5.74) is 2.07. The van der Waals surface area contributed by atoms with Crippen molar-refractivity contribution in [2.24, 2.45) is 0 Å². The molecule has 1 heterocycles. The van der Waals surface area contributed by atoms with Crippen LogP contribution < -0.4 is 14.8 Å². The van der Waals surface area contributed by atoms with Crippen molar-refractivity contribution < 1.29 is 9.47 Å². The number of hydrogen-bond donors (Lipinski definition) is 1. The van der Waals surface area contributed by atoms with Crippen molar-refractivity contribution in [2.75, 3.05) is 25.6 Å². The second-order valence-electron chi connectivity index (χ2n) is 4.86. The molecule has 0 saturated heterocycles. The van der Waals surface area contributed by atoms with Crippen LogP contribution in [0.2, 0.25) is 0 Å². The van der Waals surface area contributed by atoms with Gasteiger partial charge in [0.2, 0.25) is 0 Å². The van der Waals surface area contributed by atoms with Crippen LogP contribution in [0.1, 0.15) is 0 Å². The number of benzene rings is 2. The Morgan fingerprint density at radius 1 is 1.00 bits per heavy atom. The van der Waals surface area contributed by atoms with Gasteiger partial charge in [0, 0.05) is 23.8 Å². The molecule has 0 atom stereocenters. The first-order valence-corrected chi connectivity index (χ1v) is 7.21. The second-order valence-corrected chi connectivity index (χ2v) is 4.86. The molecule has 0 radical (unpaired) electrons. The lowest BCUT2D eigenvalue weighted by Crippen LogP contribution is -2.11. The van der Waals surface area contributed by atoms with Crippen LogP contribution in [0.5, 0.6) is 11.5 Å². The van der Waals surface area contributed by atoms with E-state index in [1.165, 1.54) is 0 Å². The van der Waals surface area contributed by atoms with Gasteiger partial charge in [-0.1, -0.05) is 6.07 Å². The molecule has 0 aliphatic rings. The Bertz CT molecular complexity index is 741. The Morgan fingerprint density at radius 3 is 2.64 bits per heavy atom. The van der Waals surface area contributed by atoms with Crippen LogP contribution >= 0.6 is 0 Å². The minimum Gasteiger partial charge on any atom is -0.497 e. The Balaban J connectivity index is 1.51. The minimum atomic E-state index is 0.595. The number of methoxy groups -OCH3 is 1. The van der Waals surface area contributed by atoms with Crippen LogP contribution in [-0.2, 0) is 0 Å². The van der Waals surface area contributed by atoms with Crippen LogP contribution in [0.15, 0.2) is 60.8 Å². The third-order valence-electron chi connectivity index (χ3n) is 3.36. The second kappa shape index (κ2) is 6.80. The van der Waals surface area contributed by atoms with Crippen molar-refractivity contribution in [2.45, 2.75) is 0 Å². The lowest BCUT2D eigenvalue weighted by atomic mass is 10.2. The van der Waals surface area contributed by atoms with Gasteiger partial charge in [0.05, 0.1) is 12.6 Å². The van der Waals surface area contributed by atoms with E-state index in [1.807, 2.05) is 42.5 Å². The standard InChI is InChI=1S/C18H18N2O2/c1-21-16-5-7-17(8-6-16)22-12-11-19-15-4-9-18-14(13-15)3-2-10-20-18/h2-10,13,19H,11-12H2,1H3. The zero-order valence-corrected chi connectivity index (χ0v) is 12.5. The molecule has 22 heavy (non-hydrogen) atoms. The number of nitrogens with zero attached hydrogens (tertiary/aromatic N) is 1. The number of rotatable bonds is 6. The van der Waals surface area contributed by atoms with Crippen molar-refractivity contribution in [1.29, 1.82) is 0 Å². The first-order chi connectivity index (χ1) is 10.8. The zero-order chi connectivity index (χ0) is 15.2. The summed E-state index contributed by atoms with van der Waals surface area (Å²) in [5.74, 6) is 1.67. The lowest BCUT2D eigenvalue weighted by molar-refractivity contribution is 0.332. The lowest BCUT2D eigenvalue weighted by Gasteiger charge is -2.09. The SMILES string of the molecule is COc1ccc(OCCNc2ccc3ncccc3c2)cc1. The van der Waals surface area contributed by atoms with Gasteiger partial charge in [-0.25, -0.2) is 0 Å². The first-order valence-electron chi connectivity index (χ1n) is 7.21.